The largest absolute Gasteiger partial charge is 0.452 e. The minimum atomic E-state index is -0.958. The summed E-state index contributed by atoms with van der Waals surface area (Å²) in [6.45, 7) is 7.06. The summed E-state index contributed by atoms with van der Waals surface area (Å²) in [5, 5.41) is 12.1. The SMILES string of the molecule is CC(OC(=O)C1C2CC3CC(C2)CC1C3)C(=O)NC(C)(C#N)C(C)C. The van der Waals surface area contributed by atoms with E-state index in [9.17, 15) is 14.9 Å². The van der Waals surface area contributed by atoms with Gasteiger partial charge in [0.25, 0.3) is 5.91 Å². The number of rotatable bonds is 5. The summed E-state index contributed by atoms with van der Waals surface area (Å²) >= 11 is 0. The number of carbonyl (C=O) groups excluding carboxylic acids is 2. The Bertz CT molecular complexity index is 566. The first kappa shape index (κ1) is 18.2. The molecular formula is C20H30N2O3. The van der Waals surface area contributed by atoms with Gasteiger partial charge in [-0.25, -0.2) is 0 Å². The Morgan fingerprint density at radius 2 is 1.60 bits per heavy atom. The fourth-order valence-corrected chi connectivity index (χ4v) is 5.28. The number of amides is 1. The van der Waals surface area contributed by atoms with Crippen molar-refractivity contribution in [1.82, 2.24) is 5.32 Å². The topological polar surface area (TPSA) is 79.2 Å². The number of nitrogens with one attached hydrogen (secondary N) is 1. The van der Waals surface area contributed by atoms with E-state index in [1.807, 2.05) is 13.8 Å². The van der Waals surface area contributed by atoms with Gasteiger partial charge >= 0.3 is 5.97 Å². The lowest BCUT2D eigenvalue weighted by Crippen LogP contribution is -2.53. The van der Waals surface area contributed by atoms with Crippen molar-refractivity contribution in [1.29, 1.82) is 5.26 Å². The normalized spacial score (nSPS) is 36.4. The molecule has 4 saturated carbocycles. The second-order valence-corrected chi connectivity index (χ2v) is 8.99. The minimum Gasteiger partial charge on any atom is -0.452 e. The maximum atomic E-state index is 12.7. The third kappa shape index (κ3) is 3.41. The molecule has 2 unspecified atom stereocenters. The predicted molar refractivity (Wildman–Crippen MR) is 93.1 cm³/mol. The lowest BCUT2D eigenvalue weighted by Gasteiger charge is -2.53. The average Bonchev–Trinajstić information content (AvgIpc) is 2.53. The summed E-state index contributed by atoms with van der Waals surface area (Å²) in [6, 6.07) is 2.15. The molecule has 0 heterocycles. The van der Waals surface area contributed by atoms with Gasteiger partial charge in [-0.2, -0.15) is 5.26 Å². The monoisotopic (exact) mass is 346 g/mol. The molecular weight excluding hydrogens is 316 g/mol. The van der Waals surface area contributed by atoms with Crippen LogP contribution in [0.2, 0.25) is 0 Å². The van der Waals surface area contributed by atoms with E-state index in [4.69, 9.17) is 4.74 Å². The van der Waals surface area contributed by atoms with Crippen LogP contribution in [0.4, 0.5) is 0 Å². The molecule has 1 N–H and O–H groups in total. The summed E-state index contributed by atoms with van der Waals surface area (Å²) in [6.07, 6.45) is 5.06. The van der Waals surface area contributed by atoms with E-state index in [2.05, 4.69) is 11.4 Å². The van der Waals surface area contributed by atoms with Crippen LogP contribution in [0, 0.1) is 46.8 Å². The molecule has 0 aliphatic heterocycles. The van der Waals surface area contributed by atoms with E-state index in [1.54, 1.807) is 13.8 Å². The summed E-state index contributed by atoms with van der Waals surface area (Å²) < 4.78 is 5.55. The van der Waals surface area contributed by atoms with Gasteiger partial charge in [0.2, 0.25) is 0 Å². The molecule has 4 aliphatic carbocycles. The van der Waals surface area contributed by atoms with Crippen LogP contribution >= 0.6 is 0 Å². The van der Waals surface area contributed by atoms with Crippen molar-refractivity contribution in [3.63, 3.8) is 0 Å². The van der Waals surface area contributed by atoms with Gasteiger partial charge < -0.3 is 10.1 Å². The molecule has 5 heteroatoms. The van der Waals surface area contributed by atoms with Gasteiger partial charge in [0.1, 0.15) is 5.54 Å². The third-order valence-electron chi connectivity index (χ3n) is 6.93. The van der Waals surface area contributed by atoms with E-state index in [0.29, 0.717) is 11.8 Å². The Balaban J connectivity index is 1.59. The zero-order valence-electron chi connectivity index (χ0n) is 15.7. The molecule has 0 spiro atoms. The summed E-state index contributed by atoms with van der Waals surface area (Å²) in [7, 11) is 0. The van der Waals surface area contributed by atoms with Crippen LogP contribution in [0.25, 0.3) is 0 Å². The van der Waals surface area contributed by atoms with Crippen molar-refractivity contribution >= 4 is 11.9 Å². The molecule has 4 fully saturated rings. The van der Waals surface area contributed by atoms with Crippen molar-refractivity contribution in [2.45, 2.75) is 71.4 Å². The minimum absolute atomic E-state index is 0.0319. The highest BCUT2D eigenvalue weighted by atomic mass is 16.5. The summed E-state index contributed by atoms with van der Waals surface area (Å²) in [5.74, 6) is 1.82. The Kier molecular flexibility index (Phi) is 4.83. The van der Waals surface area contributed by atoms with Crippen LogP contribution in [0.1, 0.15) is 59.8 Å². The standard InChI is InChI=1S/C20H30N2O3/c1-11(2)20(4,10-21)22-18(23)12(3)25-19(24)17-15-6-13-5-14(8-15)9-16(17)7-13/h11-17H,5-9H2,1-4H3,(H,22,23). The lowest BCUT2D eigenvalue weighted by atomic mass is 9.52. The molecule has 1 amide bonds. The van der Waals surface area contributed by atoms with Crippen molar-refractivity contribution in [3.05, 3.63) is 0 Å². The molecule has 2 atom stereocenters. The van der Waals surface area contributed by atoms with Crippen molar-refractivity contribution in [2.75, 3.05) is 0 Å². The number of nitrogens with zero attached hydrogens (tertiary/aromatic N) is 1. The fourth-order valence-electron chi connectivity index (χ4n) is 5.28. The van der Waals surface area contributed by atoms with Crippen molar-refractivity contribution in [3.8, 4) is 6.07 Å². The number of hydrogen-bond acceptors (Lipinski definition) is 4. The predicted octanol–water partition coefficient (Wildman–Crippen LogP) is 3.04. The van der Waals surface area contributed by atoms with Gasteiger partial charge in [-0.15, -0.1) is 0 Å². The number of ether oxygens (including phenoxy) is 1. The highest BCUT2D eigenvalue weighted by Crippen LogP contribution is 2.56. The van der Waals surface area contributed by atoms with Gasteiger partial charge in [-0.1, -0.05) is 13.8 Å². The Morgan fingerprint density at radius 1 is 1.08 bits per heavy atom. The highest BCUT2D eigenvalue weighted by molar-refractivity contribution is 5.85. The first-order chi connectivity index (χ1) is 11.7. The zero-order valence-corrected chi connectivity index (χ0v) is 15.7. The Hall–Kier alpha value is -1.57. The van der Waals surface area contributed by atoms with E-state index < -0.39 is 17.6 Å². The van der Waals surface area contributed by atoms with E-state index >= 15 is 0 Å². The second-order valence-electron chi connectivity index (χ2n) is 8.99. The highest BCUT2D eigenvalue weighted by Gasteiger charge is 2.51. The third-order valence-corrected chi connectivity index (χ3v) is 6.93. The van der Waals surface area contributed by atoms with Crippen LogP contribution in [0.5, 0.6) is 0 Å². The molecule has 4 bridgehead atoms. The Morgan fingerprint density at radius 3 is 2.04 bits per heavy atom. The van der Waals surface area contributed by atoms with Crippen LogP contribution in [0.15, 0.2) is 0 Å². The van der Waals surface area contributed by atoms with E-state index in [0.717, 1.165) is 37.5 Å². The summed E-state index contributed by atoms with van der Waals surface area (Å²) in [4.78, 5) is 25.2. The fraction of sp³-hybridized carbons (Fsp3) is 0.850. The van der Waals surface area contributed by atoms with Crippen molar-refractivity contribution < 1.29 is 14.3 Å². The van der Waals surface area contributed by atoms with Crippen LogP contribution in [-0.4, -0.2) is 23.5 Å². The summed E-state index contributed by atoms with van der Waals surface area (Å²) in [5.41, 5.74) is -0.958. The Labute approximate surface area is 150 Å². The van der Waals surface area contributed by atoms with Gasteiger partial charge in [0, 0.05) is 0 Å². The molecule has 5 nitrogen and oxygen atoms in total. The van der Waals surface area contributed by atoms with Gasteiger partial charge in [0.05, 0.1) is 12.0 Å². The van der Waals surface area contributed by atoms with Crippen molar-refractivity contribution in [2.24, 2.45) is 35.5 Å². The van der Waals surface area contributed by atoms with Crippen LogP contribution in [0.3, 0.4) is 0 Å². The average molecular weight is 346 g/mol. The zero-order chi connectivity index (χ0) is 18.4. The van der Waals surface area contributed by atoms with Gasteiger partial charge in [-0.3, -0.25) is 9.59 Å². The molecule has 138 valence electrons. The molecule has 0 aromatic rings. The maximum absolute atomic E-state index is 12.7. The number of esters is 1. The lowest BCUT2D eigenvalue weighted by molar-refractivity contribution is -0.170. The number of nitriles is 1. The first-order valence-corrected chi connectivity index (χ1v) is 9.67. The molecule has 25 heavy (non-hydrogen) atoms. The number of hydrogen-bond donors (Lipinski definition) is 1. The van der Waals surface area contributed by atoms with Gasteiger partial charge in [0.15, 0.2) is 6.10 Å². The van der Waals surface area contributed by atoms with Crippen LogP contribution < -0.4 is 5.32 Å². The molecule has 4 rings (SSSR count). The molecule has 0 aromatic carbocycles. The smallest absolute Gasteiger partial charge is 0.310 e. The molecule has 0 saturated heterocycles. The maximum Gasteiger partial charge on any atom is 0.310 e. The van der Waals surface area contributed by atoms with E-state index in [-0.39, 0.29) is 17.8 Å². The quantitative estimate of drug-likeness (QED) is 0.776. The van der Waals surface area contributed by atoms with E-state index in [1.165, 1.54) is 6.42 Å². The second kappa shape index (κ2) is 6.63. The first-order valence-electron chi connectivity index (χ1n) is 9.67. The van der Waals surface area contributed by atoms with Crippen LogP contribution in [-0.2, 0) is 14.3 Å². The molecule has 4 aliphatic rings. The molecule has 0 aromatic heterocycles. The number of carbonyl (C=O) groups is 2. The molecule has 0 radical (unpaired) electrons. The van der Waals surface area contributed by atoms with Gasteiger partial charge in [-0.05, 0) is 75.5 Å².